The molecule has 174 valence electrons. The fourth-order valence-corrected chi connectivity index (χ4v) is 5.21. The molecule has 0 unspecified atom stereocenters. The molecule has 1 heterocycles. The average molecular weight is 459 g/mol. The Morgan fingerprint density at radius 2 is 1.56 bits per heavy atom. The number of anilines is 1. The van der Waals surface area contributed by atoms with Gasteiger partial charge in [-0.15, -0.1) is 0 Å². The van der Waals surface area contributed by atoms with Gasteiger partial charge in [0.15, 0.2) is 6.61 Å². The van der Waals surface area contributed by atoms with E-state index in [0.29, 0.717) is 24.5 Å². The van der Waals surface area contributed by atoms with E-state index >= 15 is 0 Å². The lowest BCUT2D eigenvalue weighted by Gasteiger charge is -2.23. The number of hydrogen-bond donors (Lipinski definition) is 1. The maximum absolute atomic E-state index is 12.9. The van der Waals surface area contributed by atoms with Gasteiger partial charge in [-0.05, 0) is 66.6 Å². The Morgan fingerprint density at radius 1 is 0.969 bits per heavy atom. The molecule has 1 aliphatic rings. The second-order valence-corrected chi connectivity index (χ2v) is 10.9. The lowest BCUT2D eigenvalue weighted by atomic mass is 9.82. The molecule has 1 aliphatic heterocycles. The molecule has 0 saturated carbocycles. The first-order valence-corrected chi connectivity index (χ1v) is 12.8. The van der Waals surface area contributed by atoms with Crippen LogP contribution in [0.2, 0.25) is 0 Å². The number of sulfonamides is 1. The van der Waals surface area contributed by atoms with Crippen molar-refractivity contribution in [3.05, 3.63) is 54.1 Å². The van der Waals surface area contributed by atoms with Crippen LogP contribution < -0.4 is 10.1 Å². The summed E-state index contributed by atoms with van der Waals surface area (Å²) in [5.41, 5.74) is 1.86. The number of hydrogen-bond acceptors (Lipinski definition) is 4. The van der Waals surface area contributed by atoms with Crippen LogP contribution in [0, 0.1) is 0 Å². The largest absolute Gasteiger partial charge is 0.484 e. The van der Waals surface area contributed by atoms with Crippen LogP contribution in [-0.2, 0) is 20.2 Å². The highest BCUT2D eigenvalue weighted by molar-refractivity contribution is 7.89. The Kier molecular flexibility index (Phi) is 7.96. The van der Waals surface area contributed by atoms with Crippen molar-refractivity contribution in [2.45, 2.75) is 63.2 Å². The summed E-state index contributed by atoms with van der Waals surface area (Å²) < 4.78 is 32.9. The number of benzene rings is 2. The van der Waals surface area contributed by atoms with Crippen LogP contribution >= 0.6 is 0 Å². The van der Waals surface area contributed by atoms with Gasteiger partial charge >= 0.3 is 0 Å². The van der Waals surface area contributed by atoms with Gasteiger partial charge in [0.1, 0.15) is 5.75 Å². The number of ether oxygens (including phenoxy) is 1. The Morgan fingerprint density at radius 3 is 2.12 bits per heavy atom. The van der Waals surface area contributed by atoms with Gasteiger partial charge in [0.2, 0.25) is 10.0 Å². The molecule has 7 heteroatoms. The Balaban J connectivity index is 1.54. The molecule has 0 spiro atoms. The van der Waals surface area contributed by atoms with E-state index in [2.05, 4.69) is 26.1 Å². The Hall–Kier alpha value is -2.38. The summed E-state index contributed by atoms with van der Waals surface area (Å²) in [6, 6.07) is 14.1. The van der Waals surface area contributed by atoms with Gasteiger partial charge in [-0.3, -0.25) is 4.79 Å². The van der Waals surface area contributed by atoms with Crippen LogP contribution in [0.3, 0.4) is 0 Å². The van der Waals surface area contributed by atoms with Gasteiger partial charge < -0.3 is 10.1 Å². The summed E-state index contributed by atoms with van der Waals surface area (Å²) in [5.74, 6) is 0.334. The quantitative estimate of drug-likeness (QED) is 0.607. The van der Waals surface area contributed by atoms with Crippen LogP contribution in [0.4, 0.5) is 5.69 Å². The second kappa shape index (κ2) is 10.5. The van der Waals surface area contributed by atoms with Crippen molar-refractivity contribution in [2.24, 2.45) is 0 Å². The highest BCUT2D eigenvalue weighted by Gasteiger charge is 2.25. The number of carbonyl (C=O) groups excluding carboxylic acids is 1. The van der Waals surface area contributed by atoms with E-state index in [0.717, 1.165) is 32.1 Å². The molecule has 6 nitrogen and oxygen atoms in total. The van der Waals surface area contributed by atoms with Gasteiger partial charge in [0.25, 0.3) is 5.91 Å². The minimum Gasteiger partial charge on any atom is -0.484 e. The van der Waals surface area contributed by atoms with Gasteiger partial charge in [0, 0.05) is 18.8 Å². The second-order valence-electron chi connectivity index (χ2n) is 8.94. The van der Waals surface area contributed by atoms with Crippen LogP contribution in [0.25, 0.3) is 0 Å². The van der Waals surface area contributed by atoms with Crippen molar-refractivity contribution in [3.8, 4) is 5.75 Å². The van der Waals surface area contributed by atoms with Crippen molar-refractivity contribution in [1.82, 2.24) is 4.31 Å². The molecule has 3 rings (SSSR count). The normalized spacial score (nSPS) is 15.7. The molecule has 2 aromatic carbocycles. The highest BCUT2D eigenvalue weighted by Crippen LogP contribution is 2.28. The molecular formula is C25H34N2O4S. The summed E-state index contributed by atoms with van der Waals surface area (Å²) >= 11 is 0. The number of nitrogens with zero attached hydrogens (tertiary/aromatic N) is 1. The van der Waals surface area contributed by atoms with E-state index in [1.54, 1.807) is 28.6 Å². The van der Waals surface area contributed by atoms with Crippen LogP contribution in [0.5, 0.6) is 5.75 Å². The number of rotatable bonds is 8. The summed E-state index contributed by atoms with van der Waals surface area (Å²) in [4.78, 5) is 12.5. The van der Waals surface area contributed by atoms with E-state index in [4.69, 9.17) is 4.74 Å². The zero-order valence-electron chi connectivity index (χ0n) is 19.3. The summed E-state index contributed by atoms with van der Waals surface area (Å²) in [6.07, 6.45) is 4.96. The third kappa shape index (κ3) is 6.11. The predicted molar refractivity (Wildman–Crippen MR) is 128 cm³/mol. The monoisotopic (exact) mass is 458 g/mol. The maximum atomic E-state index is 12.9. The van der Waals surface area contributed by atoms with E-state index in [1.165, 1.54) is 5.56 Å². The number of nitrogens with one attached hydrogen (secondary N) is 1. The third-order valence-corrected chi connectivity index (χ3v) is 8.14. The standard InChI is InChI=1S/C25H34N2O4S/c1-4-25(2,3)20-9-13-22(14-10-20)31-19-24(28)26-21-11-15-23(16-12-21)32(29,30)27-17-7-5-6-8-18-27/h9-16H,4-8,17-19H2,1-3H3,(H,26,28). The first-order valence-electron chi connectivity index (χ1n) is 11.4. The molecule has 32 heavy (non-hydrogen) atoms. The fraction of sp³-hybridized carbons (Fsp3) is 0.480. The number of carbonyl (C=O) groups is 1. The highest BCUT2D eigenvalue weighted by atomic mass is 32.2. The van der Waals surface area contributed by atoms with Gasteiger partial charge in [-0.25, -0.2) is 8.42 Å². The Labute approximate surface area is 192 Å². The third-order valence-electron chi connectivity index (χ3n) is 6.23. The molecule has 0 bridgehead atoms. The molecule has 2 aromatic rings. The lowest BCUT2D eigenvalue weighted by Crippen LogP contribution is -2.31. The van der Waals surface area contributed by atoms with Crippen molar-refractivity contribution in [3.63, 3.8) is 0 Å². The molecule has 0 radical (unpaired) electrons. The smallest absolute Gasteiger partial charge is 0.262 e. The average Bonchev–Trinajstić information content (AvgIpc) is 3.09. The van der Waals surface area contributed by atoms with Crippen molar-refractivity contribution < 1.29 is 17.9 Å². The zero-order valence-corrected chi connectivity index (χ0v) is 20.1. The summed E-state index contributed by atoms with van der Waals surface area (Å²) in [7, 11) is -3.50. The molecule has 1 fully saturated rings. The molecule has 0 atom stereocenters. The van der Waals surface area contributed by atoms with E-state index in [1.807, 2.05) is 24.3 Å². The molecule has 0 aromatic heterocycles. The van der Waals surface area contributed by atoms with E-state index < -0.39 is 10.0 Å². The summed E-state index contributed by atoms with van der Waals surface area (Å²) in [5, 5.41) is 2.75. The van der Waals surface area contributed by atoms with Crippen molar-refractivity contribution in [2.75, 3.05) is 25.0 Å². The SMILES string of the molecule is CCC(C)(C)c1ccc(OCC(=O)Nc2ccc(S(=O)(=O)N3CCCCCC3)cc2)cc1. The minimum absolute atomic E-state index is 0.1000. The van der Waals surface area contributed by atoms with Gasteiger partial charge in [-0.2, -0.15) is 4.31 Å². The fourth-order valence-electron chi connectivity index (χ4n) is 3.69. The topological polar surface area (TPSA) is 75.7 Å². The van der Waals surface area contributed by atoms with Gasteiger partial charge in [-0.1, -0.05) is 45.7 Å². The Bertz CT molecular complexity index is 991. The summed E-state index contributed by atoms with van der Waals surface area (Å²) in [6.45, 7) is 7.56. The van der Waals surface area contributed by atoms with E-state index in [-0.39, 0.29) is 22.8 Å². The van der Waals surface area contributed by atoms with Crippen LogP contribution in [0.15, 0.2) is 53.4 Å². The predicted octanol–water partition coefficient (Wildman–Crippen LogP) is 4.96. The molecule has 1 amide bonds. The van der Waals surface area contributed by atoms with Crippen LogP contribution in [-0.4, -0.2) is 38.3 Å². The van der Waals surface area contributed by atoms with Gasteiger partial charge in [0.05, 0.1) is 4.90 Å². The maximum Gasteiger partial charge on any atom is 0.262 e. The molecular weight excluding hydrogens is 424 g/mol. The molecule has 1 N–H and O–H groups in total. The first-order chi connectivity index (χ1) is 15.2. The minimum atomic E-state index is -3.50. The molecule has 0 aliphatic carbocycles. The first kappa shape index (κ1) is 24.3. The van der Waals surface area contributed by atoms with E-state index in [9.17, 15) is 13.2 Å². The van der Waals surface area contributed by atoms with Crippen molar-refractivity contribution in [1.29, 1.82) is 0 Å². The van der Waals surface area contributed by atoms with Crippen molar-refractivity contribution >= 4 is 21.6 Å². The molecule has 1 saturated heterocycles. The zero-order chi connectivity index (χ0) is 23.2. The number of amides is 1. The lowest BCUT2D eigenvalue weighted by molar-refractivity contribution is -0.118. The van der Waals surface area contributed by atoms with Crippen LogP contribution in [0.1, 0.15) is 58.4 Å².